The van der Waals surface area contributed by atoms with Crippen LogP contribution in [0.4, 0.5) is 0 Å². The summed E-state index contributed by atoms with van der Waals surface area (Å²) in [4.78, 5) is 9.83. The summed E-state index contributed by atoms with van der Waals surface area (Å²) in [6, 6.07) is 0. The Kier molecular flexibility index (Phi) is 9.06. The van der Waals surface area contributed by atoms with Crippen molar-refractivity contribution >= 4 is 5.96 Å². The Labute approximate surface area is 149 Å². The molecule has 1 rings (SSSR count). The van der Waals surface area contributed by atoms with E-state index in [0.717, 1.165) is 44.6 Å². The lowest BCUT2D eigenvalue weighted by Gasteiger charge is -2.29. The molecule has 0 bridgehead atoms. The van der Waals surface area contributed by atoms with E-state index in [9.17, 15) is 0 Å². The van der Waals surface area contributed by atoms with Gasteiger partial charge in [0.05, 0.1) is 12.6 Å². The van der Waals surface area contributed by atoms with Gasteiger partial charge in [0.25, 0.3) is 0 Å². The van der Waals surface area contributed by atoms with Crippen LogP contribution in [0.3, 0.4) is 0 Å². The third-order valence-corrected chi connectivity index (χ3v) is 4.99. The van der Waals surface area contributed by atoms with Gasteiger partial charge in [0.1, 0.15) is 0 Å². The molecule has 0 amide bonds. The number of methoxy groups -OCH3 is 1. The number of nitrogens with zero attached hydrogens (tertiary/aromatic N) is 3. The second kappa shape index (κ2) is 10.2. The van der Waals surface area contributed by atoms with Crippen LogP contribution in [0.25, 0.3) is 0 Å². The van der Waals surface area contributed by atoms with Crippen molar-refractivity contribution in [1.29, 1.82) is 0 Å². The van der Waals surface area contributed by atoms with Gasteiger partial charge in [-0.2, -0.15) is 0 Å². The first-order valence-electron chi connectivity index (χ1n) is 9.64. The maximum absolute atomic E-state index is 5.65. The van der Waals surface area contributed by atoms with E-state index < -0.39 is 0 Å². The smallest absolute Gasteiger partial charge is 0.194 e. The Morgan fingerprint density at radius 1 is 1.29 bits per heavy atom. The van der Waals surface area contributed by atoms with Crippen LogP contribution in [0.2, 0.25) is 0 Å². The molecule has 1 N–H and O–H groups in total. The Hall–Kier alpha value is -0.810. The summed E-state index contributed by atoms with van der Waals surface area (Å²) in [5.74, 6) is 1.79. The third-order valence-electron chi connectivity index (χ3n) is 4.99. The molecule has 5 nitrogen and oxygen atoms in total. The van der Waals surface area contributed by atoms with Crippen molar-refractivity contribution in [3.05, 3.63) is 0 Å². The maximum atomic E-state index is 5.65. The second-order valence-electron chi connectivity index (χ2n) is 7.87. The molecule has 0 aromatic heterocycles. The van der Waals surface area contributed by atoms with E-state index in [-0.39, 0.29) is 11.5 Å². The highest BCUT2D eigenvalue weighted by Crippen LogP contribution is 2.22. The minimum Gasteiger partial charge on any atom is -0.379 e. The number of hydrogen-bond donors (Lipinski definition) is 1. The first kappa shape index (κ1) is 21.2. The number of hydrogen-bond acceptors (Lipinski definition) is 3. The Morgan fingerprint density at radius 2 is 1.96 bits per heavy atom. The number of aliphatic imine (C=N–C) groups is 1. The van der Waals surface area contributed by atoms with Crippen LogP contribution in [0.1, 0.15) is 48.0 Å². The van der Waals surface area contributed by atoms with Crippen molar-refractivity contribution in [3.63, 3.8) is 0 Å². The zero-order valence-electron chi connectivity index (χ0n) is 17.1. The number of rotatable bonds is 8. The highest BCUT2D eigenvalue weighted by atomic mass is 16.5. The summed E-state index contributed by atoms with van der Waals surface area (Å²) in [5.41, 5.74) is 0.103. The van der Waals surface area contributed by atoms with E-state index in [1.54, 1.807) is 7.11 Å². The molecule has 1 aliphatic heterocycles. The van der Waals surface area contributed by atoms with Gasteiger partial charge in [-0.05, 0) is 37.8 Å². The second-order valence-corrected chi connectivity index (χ2v) is 7.87. The molecule has 0 radical (unpaired) electrons. The van der Waals surface area contributed by atoms with Crippen molar-refractivity contribution in [1.82, 2.24) is 15.1 Å². The Balaban J connectivity index is 2.66. The van der Waals surface area contributed by atoms with Crippen LogP contribution in [0.15, 0.2) is 4.99 Å². The van der Waals surface area contributed by atoms with Gasteiger partial charge in [-0.1, -0.05) is 34.6 Å². The average molecular weight is 341 g/mol. The summed E-state index contributed by atoms with van der Waals surface area (Å²) >= 11 is 0. The average Bonchev–Trinajstić information content (AvgIpc) is 2.99. The molecule has 1 aliphatic rings. The van der Waals surface area contributed by atoms with Crippen LogP contribution >= 0.6 is 0 Å². The van der Waals surface area contributed by atoms with E-state index >= 15 is 0 Å². The van der Waals surface area contributed by atoms with Gasteiger partial charge >= 0.3 is 0 Å². The molecular weight excluding hydrogens is 300 g/mol. The fourth-order valence-corrected chi connectivity index (χ4v) is 3.32. The predicted molar refractivity (Wildman–Crippen MR) is 104 cm³/mol. The minimum atomic E-state index is 0.103. The minimum absolute atomic E-state index is 0.103. The lowest BCUT2D eigenvalue weighted by molar-refractivity contribution is 0.0240. The largest absolute Gasteiger partial charge is 0.379 e. The van der Waals surface area contributed by atoms with Crippen molar-refractivity contribution in [2.24, 2.45) is 16.3 Å². The number of ether oxygens (including phenoxy) is 1. The third kappa shape index (κ3) is 6.60. The molecule has 2 unspecified atom stereocenters. The van der Waals surface area contributed by atoms with Crippen LogP contribution in [0.5, 0.6) is 0 Å². The predicted octanol–water partition coefficient (Wildman–Crippen LogP) is 2.68. The molecule has 0 saturated carbocycles. The Bertz CT molecular complexity index is 374. The summed E-state index contributed by atoms with van der Waals surface area (Å²) in [7, 11) is 1.79. The Morgan fingerprint density at radius 3 is 2.46 bits per heavy atom. The molecule has 0 aromatic carbocycles. The highest BCUT2D eigenvalue weighted by molar-refractivity contribution is 5.80. The van der Waals surface area contributed by atoms with Gasteiger partial charge in [0, 0.05) is 33.3 Å². The van der Waals surface area contributed by atoms with Gasteiger partial charge < -0.3 is 19.9 Å². The molecule has 0 spiro atoms. The van der Waals surface area contributed by atoms with Crippen molar-refractivity contribution in [2.75, 3.05) is 52.9 Å². The van der Waals surface area contributed by atoms with E-state index in [1.807, 2.05) is 0 Å². The van der Waals surface area contributed by atoms with E-state index in [2.05, 4.69) is 56.7 Å². The number of guanidine groups is 1. The zero-order chi connectivity index (χ0) is 18.2. The lowest BCUT2D eigenvalue weighted by atomic mass is 9.89. The fourth-order valence-electron chi connectivity index (χ4n) is 3.32. The first-order chi connectivity index (χ1) is 11.3. The summed E-state index contributed by atoms with van der Waals surface area (Å²) in [6.45, 7) is 20.6. The molecule has 0 aliphatic carbocycles. The van der Waals surface area contributed by atoms with Crippen LogP contribution in [0, 0.1) is 11.3 Å². The highest BCUT2D eigenvalue weighted by Gasteiger charge is 2.27. The number of likely N-dealkylation sites (tertiary alicyclic amines) is 1. The van der Waals surface area contributed by atoms with Crippen molar-refractivity contribution in [2.45, 2.75) is 54.1 Å². The van der Waals surface area contributed by atoms with Gasteiger partial charge in [-0.25, -0.2) is 0 Å². The fraction of sp³-hybridized carbons (Fsp3) is 0.947. The molecule has 142 valence electrons. The van der Waals surface area contributed by atoms with Gasteiger partial charge in [-0.3, -0.25) is 4.99 Å². The molecule has 24 heavy (non-hydrogen) atoms. The van der Waals surface area contributed by atoms with Crippen molar-refractivity contribution in [3.8, 4) is 0 Å². The molecule has 1 saturated heterocycles. The SMILES string of the molecule is CCNC(=NCC(OC)C(C)(C)C)N1CCC(CN(CC)CC)C1. The summed E-state index contributed by atoms with van der Waals surface area (Å²) in [5, 5.41) is 3.46. The normalized spacial score (nSPS) is 20.8. The van der Waals surface area contributed by atoms with Crippen LogP contribution < -0.4 is 5.32 Å². The first-order valence-corrected chi connectivity index (χ1v) is 9.64. The maximum Gasteiger partial charge on any atom is 0.194 e. The van der Waals surface area contributed by atoms with Crippen molar-refractivity contribution < 1.29 is 4.74 Å². The monoisotopic (exact) mass is 340 g/mol. The summed E-state index contributed by atoms with van der Waals surface area (Å²) < 4.78 is 5.65. The number of nitrogens with one attached hydrogen (secondary N) is 1. The van der Waals surface area contributed by atoms with E-state index in [0.29, 0.717) is 6.54 Å². The molecular formula is C19H40N4O. The molecule has 1 fully saturated rings. The summed E-state index contributed by atoms with van der Waals surface area (Å²) in [6.07, 6.45) is 1.40. The van der Waals surface area contributed by atoms with Gasteiger partial charge in [-0.15, -0.1) is 0 Å². The molecule has 1 heterocycles. The standard InChI is InChI=1S/C19H40N4O/c1-8-20-18(21-13-17(24-7)19(4,5)6)23-12-11-16(15-23)14-22(9-2)10-3/h16-17H,8-15H2,1-7H3,(H,20,21). The van der Waals surface area contributed by atoms with E-state index in [4.69, 9.17) is 9.73 Å². The lowest BCUT2D eigenvalue weighted by Crippen LogP contribution is -2.42. The van der Waals surface area contributed by atoms with Gasteiger partial charge in [0.15, 0.2) is 5.96 Å². The van der Waals surface area contributed by atoms with Crippen LogP contribution in [-0.2, 0) is 4.74 Å². The van der Waals surface area contributed by atoms with Crippen LogP contribution in [-0.4, -0.2) is 74.8 Å². The molecule has 2 atom stereocenters. The quantitative estimate of drug-likeness (QED) is 0.545. The van der Waals surface area contributed by atoms with E-state index in [1.165, 1.54) is 13.0 Å². The van der Waals surface area contributed by atoms with Gasteiger partial charge in [0.2, 0.25) is 0 Å². The molecule has 5 heteroatoms. The molecule has 0 aromatic rings. The zero-order valence-corrected chi connectivity index (χ0v) is 17.1. The topological polar surface area (TPSA) is 40.1 Å².